The van der Waals surface area contributed by atoms with Gasteiger partial charge in [0.1, 0.15) is 11.6 Å². The van der Waals surface area contributed by atoms with E-state index in [0.29, 0.717) is 37.0 Å². The Morgan fingerprint density at radius 2 is 1.89 bits per heavy atom. The number of hydrogen-bond acceptors (Lipinski definition) is 5. The van der Waals surface area contributed by atoms with Crippen LogP contribution in [0.2, 0.25) is 5.02 Å². The van der Waals surface area contributed by atoms with Crippen LogP contribution in [0.25, 0.3) is 6.08 Å². The number of benzene rings is 3. The van der Waals surface area contributed by atoms with Crippen molar-refractivity contribution in [1.29, 1.82) is 5.26 Å². The highest BCUT2D eigenvalue weighted by Gasteiger charge is 2.16. The van der Waals surface area contributed by atoms with Gasteiger partial charge in [0, 0.05) is 5.69 Å². The Labute approximate surface area is 221 Å². The van der Waals surface area contributed by atoms with Gasteiger partial charge in [0.25, 0.3) is 11.8 Å². The molecule has 0 unspecified atom stereocenters. The Balaban J connectivity index is 1.75. The molecule has 3 aromatic carbocycles. The van der Waals surface area contributed by atoms with Gasteiger partial charge in [0.15, 0.2) is 18.1 Å². The molecule has 0 saturated carbocycles. The van der Waals surface area contributed by atoms with E-state index in [1.54, 1.807) is 42.5 Å². The van der Waals surface area contributed by atoms with E-state index in [9.17, 15) is 14.9 Å². The Bertz CT molecular complexity index is 1330. The minimum Gasteiger partial charge on any atom is -0.493 e. The molecular formula is C26H21ClIN3O4. The summed E-state index contributed by atoms with van der Waals surface area (Å²) in [4.78, 5) is 24.9. The molecule has 7 nitrogen and oxygen atoms in total. The molecule has 35 heavy (non-hydrogen) atoms. The molecule has 3 aromatic rings. The second-order valence-electron chi connectivity index (χ2n) is 7.34. The van der Waals surface area contributed by atoms with Crippen LogP contribution in [-0.4, -0.2) is 25.5 Å². The first-order chi connectivity index (χ1) is 16.8. The number of nitrogens with one attached hydrogen (secondary N) is 2. The van der Waals surface area contributed by atoms with E-state index < -0.39 is 5.91 Å². The van der Waals surface area contributed by atoms with Gasteiger partial charge in [-0.25, -0.2) is 0 Å². The molecule has 2 amide bonds. The standard InChI is InChI=1S/C26H21ClIN3O4/c1-16-6-5-7-19(10-16)30-24(32)15-35-25-21(28)12-17(13-23(25)34-2)11-18(14-29)26(33)31-22-9-4-3-8-20(22)27/h3-13H,15H2,1-2H3,(H,30,32)(H,31,33)/b18-11+. The number of anilines is 2. The number of aryl methyl sites for hydroxylation is 1. The summed E-state index contributed by atoms with van der Waals surface area (Å²) in [6, 6.07) is 19.4. The second-order valence-corrected chi connectivity index (χ2v) is 8.91. The fraction of sp³-hybridized carbons (Fsp3) is 0.115. The second kappa shape index (κ2) is 12.2. The summed E-state index contributed by atoms with van der Waals surface area (Å²) in [6.45, 7) is 1.72. The Morgan fingerprint density at radius 1 is 1.11 bits per heavy atom. The number of methoxy groups -OCH3 is 1. The summed E-state index contributed by atoms with van der Waals surface area (Å²) < 4.78 is 11.8. The number of carbonyl (C=O) groups excluding carboxylic acids is 2. The Morgan fingerprint density at radius 3 is 2.57 bits per heavy atom. The van der Waals surface area contributed by atoms with Gasteiger partial charge in [-0.15, -0.1) is 0 Å². The molecular weight excluding hydrogens is 581 g/mol. The highest BCUT2D eigenvalue weighted by molar-refractivity contribution is 14.1. The van der Waals surface area contributed by atoms with Crippen molar-refractivity contribution in [3.05, 3.63) is 86.0 Å². The summed E-state index contributed by atoms with van der Waals surface area (Å²) in [6.07, 6.45) is 1.44. The first-order valence-corrected chi connectivity index (χ1v) is 11.8. The number of nitrogens with zero attached hydrogens (tertiary/aromatic N) is 1. The molecule has 178 valence electrons. The van der Waals surface area contributed by atoms with E-state index in [1.165, 1.54) is 13.2 Å². The van der Waals surface area contributed by atoms with Crippen LogP contribution < -0.4 is 20.1 Å². The van der Waals surface area contributed by atoms with Gasteiger partial charge in [-0.2, -0.15) is 5.26 Å². The van der Waals surface area contributed by atoms with E-state index in [2.05, 4.69) is 10.6 Å². The lowest BCUT2D eigenvalue weighted by Gasteiger charge is -2.14. The van der Waals surface area contributed by atoms with Gasteiger partial charge in [0.05, 0.1) is 21.4 Å². The number of halogens is 2. The SMILES string of the molecule is COc1cc(/C=C(\C#N)C(=O)Nc2ccccc2Cl)cc(I)c1OCC(=O)Nc1cccc(C)c1. The minimum atomic E-state index is -0.595. The highest BCUT2D eigenvalue weighted by Crippen LogP contribution is 2.35. The summed E-state index contributed by atoms with van der Waals surface area (Å²) in [5.74, 6) is -0.179. The maximum absolute atomic E-state index is 12.6. The van der Waals surface area contributed by atoms with Crippen molar-refractivity contribution in [1.82, 2.24) is 0 Å². The largest absolute Gasteiger partial charge is 0.493 e. The van der Waals surface area contributed by atoms with E-state index in [1.807, 2.05) is 53.8 Å². The fourth-order valence-corrected chi connectivity index (χ4v) is 4.05. The summed E-state index contributed by atoms with van der Waals surface area (Å²) in [5, 5.41) is 15.3. The van der Waals surface area contributed by atoms with Crippen LogP contribution in [0.15, 0.2) is 66.2 Å². The van der Waals surface area contributed by atoms with Crippen molar-refractivity contribution in [2.24, 2.45) is 0 Å². The van der Waals surface area contributed by atoms with Gasteiger partial charge in [-0.05, 0) is 83.1 Å². The third kappa shape index (κ3) is 7.21. The highest BCUT2D eigenvalue weighted by atomic mass is 127. The molecule has 0 aliphatic carbocycles. The zero-order valence-electron chi connectivity index (χ0n) is 18.9. The lowest BCUT2D eigenvalue weighted by Crippen LogP contribution is -2.20. The minimum absolute atomic E-state index is 0.117. The summed E-state index contributed by atoms with van der Waals surface area (Å²) in [5.41, 5.74) is 2.54. The molecule has 0 atom stereocenters. The molecule has 0 heterocycles. The van der Waals surface area contributed by atoms with Crippen molar-refractivity contribution in [3.8, 4) is 17.6 Å². The van der Waals surface area contributed by atoms with E-state index >= 15 is 0 Å². The van der Waals surface area contributed by atoms with Gasteiger partial charge < -0.3 is 20.1 Å². The van der Waals surface area contributed by atoms with Gasteiger partial charge >= 0.3 is 0 Å². The topological polar surface area (TPSA) is 100 Å². The normalized spacial score (nSPS) is 10.8. The first-order valence-electron chi connectivity index (χ1n) is 10.3. The van der Waals surface area contributed by atoms with Crippen LogP contribution in [0, 0.1) is 21.8 Å². The van der Waals surface area contributed by atoms with Crippen LogP contribution >= 0.6 is 34.2 Å². The van der Waals surface area contributed by atoms with Crippen molar-refractivity contribution in [3.63, 3.8) is 0 Å². The van der Waals surface area contributed by atoms with Crippen molar-refractivity contribution >= 4 is 63.5 Å². The zero-order chi connectivity index (χ0) is 25.4. The number of hydrogen-bond donors (Lipinski definition) is 2. The molecule has 0 spiro atoms. The number of nitriles is 1. The smallest absolute Gasteiger partial charge is 0.266 e. The predicted octanol–water partition coefficient (Wildman–Crippen LogP) is 5.82. The van der Waals surface area contributed by atoms with Crippen molar-refractivity contribution in [2.75, 3.05) is 24.4 Å². The molecule has 0 saturated heterocycles. The molecule has 0 aromatic heterocycles. The number of ether oxygens (including phenoxy) is 2. The average Bonchev–Trinajstić information content (AvgIpc) is 2.82. The molecule has 2 N–H and O–H groups in total. The average molecular weight is 602 g/mol. The molecule has 3 rings (SSSR count). The number of carbonyl (C=O) groups is 2. The number of para-hydroxylation sites is 1. The molecule has 0 bridgehead atoms. The zero-order valence-corrected chi connectivity index (χ0v) is 21.8. The van der Waals surface area contributed by atoms with Crippen LogP contribution in [0.5, 0.6) is 11.5 Å². The quantitative estimate of drug-likeness (QED) is 0.192. The Kier molecular flexibility index (Phi) is 9.11. The maximum Gasteiger partial charge on any atom is 0.266 e. The lowest BCUT2D eigenvalue weighted by atomic mass is 10.1. The predicted molar refractivity (Wildman–Crippen MR) is 145 cm³/mol. The monoisotopic (exact) mass is 601 g/mol. The van der Waals surface area contributed by atoms with Gasteiger partial charge in [0.2, 0.25) is 0 Å². The molecule has 0 aliphatic rings. The van der Waals surface area contributed by atoms with Crippen LogP contribution in [-0.2, 0) is 9.59 Å². The van der Waals surface area contributed by atoms with E-state index in [-0.39, 0.29) is 18.1 Å². The lowest BCUT2D eigenvalue weighted by molar-refractivity contribution is -0.118. The summed E-state index contributed by atoms with van der Waals surface area (Å²) >= 11 is 8.12. The van der Waals surface area contributed by atoms with Crippen molar-refractivity contribution < 1.29 is 19.1 Å². The Hall–Kier alpha value is -3.55. The summed E-state index contributed by atoms with van der Waals surface area (Å²) in [7, 11) is 1.47. The third-order valence-corrected chi connectivity index (χ3v) is 5.83. The first kappa shape index (κ1) is 26.1. The number of amides is 2. The molecule has 0 fully saturated rings. The number of rotatable bonds is 8. The van der Waals surface area contributed by atoms with Gasteiger partial charge in [-0.3, -0.25) is 9.59 Å². The van der Waals surface area contributed by atoms with Gasteiger partial charge in [-0.1, -0.05) is 35.9 Å². The van der Waals surface area contributed by atoms with E-state index in [0.717, 1.165) is 5.56 Å². The van der Waals surface area contributed by atoms with Crippen LogP contribution in [0.1, 0.15) is 11.1 Å². The molecule has 9 heteroatoms. The van der Waals surface area contributed by atoms with Crippen LogP contribution in [0.4, 0.5) is 11.4 Å². The van der Waals surface area contributed by atoms with Crippen molar-refractivity contribution in [2.45, 2.75) is 6.92 Å². The fourth-order valence-electron chi connectivity index (χ4n) is 3.09. The molecule has 0 aliphatic heterocycles. The van der Waals surface area contributed by atoms with E-state index in [4.69, 9.17) is 21.1 Å². The third-order valence-electron chi connectivity index (χ3n) is 4.70. The molecule has 0 radical (unpaired) electrons. The van der Waals surface area contributed by atoms with Crippen LogP contribution in [0.3, 0.4) is 0 Å². The maximum atomic E-state index is 12.6.